The molecular weight excluding hydrogens is 347 g/mol. The fourth-order valence-electron chi connectivity index (χ4n) is 0.969. The Balaban J connectivity index is 3.28. The summed E-state index contributed by atoms with van der Waals surface area (Å²) in [5.74, 6) is 0.0346. The van der Waals surface area contributed by atoms with Crippen LogP contribution in [0.15, 0.2) is 16.6 Å². The predicted octanol–water partition coefficient (Wildman–Crippen LogP) is 3.35. The van der Waals surface area contributed by atoms with Gasteiger partial charge in [0.05, 0.1) is 9.13 Å². The molecule has 0 aliphatic heterocycles. The van der Waals surface area contributed by atoms with E-state index in [1.807, 2.05) is 22.6 Å². The zero-order valence-electron chi connectivity index (χ0n) is 6.97. The van der Waals surface area contributed by atoms with Gasteiger partial charge in [-0.25, -0.2) is 0 Å². The highest BCUT2D eigenvalue weighted by Crippen LogP contribution is 2.29. The molecule has 0 heterocycles. The third-order valence-electron chi connectivity index (χ3n) is 1.65. The molecule has 0 radical (unpaired) electrons. The average Bonchev–Trinajstić information content (AvgIpc) is 2.10. The first-order chi connectivity index (χ1) is 6.06. The van der Waals surface area contributed by atoms with Gasteiger partial charge < -0.3 is 5.11 Å². The molecule has 0 aliphatic rings. The van der Waals surface area contributed by atoms with Gasteiger partial charge in [-0.15, -0.1) is 0 Å². The molecule has 0 spiro atoms. The molecule has 1 aromatic rings. The minimum Gasteiger partial charge on any atom is -0.506 e. The monoisotopic (exact) mass is 354 g/mol. The number of carbonyl (C=O) groups is 1. The van der Waals surface area contributed by atoms with Crippen molar-refractivity contribution in [2.45, 2.75) is 13.3 Å². The highest BCUT2D eigenvalue weighted by Gasteiger charge is 2.12. The molecule has 0 saturated heterocycles. The van der Waals surface area contributed by atoms with Gasteiger partial charge in [0.15, 0.2) is 5.78 Å². The van der Waals surface area contributed by atoms with Crippen LogP contribution in [0.25, 0.3) is 0 Å². The Morgan fingerprint density at radius 3 is 2.77 bits per heavy atom. The van der Waals surface area contributed by atoms with Crippen molar-refractivity contribution in [3.8, 4) is 5.75 Å². The lowest BCUT2D eigenvalue weighted by atomic mass is 10.1. The number of aromatic hydroxyl groups is 1. The smallest absolute Gasteiger partial charge is 0.166 e. The van der Waals surface area contributed by atoms with E-state index in [9.17, 15) is 9.90 Å². The topological polar surface area (TPSA) is 37.3 Å². The molecule has 1 aromatic carbocycles. The molecule has 0 aromatic heterocycles. The van der Waals surface area contributed by atoms with E-state index < -0.39 is 0 Å². The van der Waals surface area contributed by atoms with Gasteiger partial charge in [0.2, 0.25) is 0 Å². The summed E-state index contributed by atoms with van der Waals surface area (Å²) >= 11 is 5.27. The third-order valence-corrected chi connectivity index (χ3v) is 2.93. The van der Waals surface area contributed by atoms with E-state index >= 15 is 0 Å². The minimum absolute atomic E-state index is 0.0447. The summed E-state index contributed by atoms with van der Waals surface area (Å²) in [5.41, 5.74) is 0.390. The lowest BCUT2D eigenvalue weighted by molar-refractivity contribution is 0.0985. The quantitative estimate of drug-likeness (QED) is 0.653. The fraction of sp³-hybridized carbons (Fsp3) is 0.222. The average molecular weight is 355 g/mol. The summed E-state index contributed by atoms with van der Waals surface area (Å²) in [6.07, 6.45) is 0.403. The Morgan fingerprint density at radius 2 is 2.23 bits per heavy atom. The number of carbonyl (C=O) groups excluding carboxylic acids is 1. The molecule has 0 unspecified atom stereocenters. The Bertz CT molecular complexity index is 350. The first-order valence-corrected chi connectivity index (χ1v) is 5.64. The second-order valence-corrected chi connectivity index (χ2v) is 4.64. The van der Waals surface area contributed by atoms with Crippen molar-refractivity contribution in [3.63, 3.8) is 0 Å². The van der Waals surface area contributed by atoms with Crippen molar-refractivity contribution in [1.82, 2.24) is 0 Å². The van der Waals surface area contributed by atoms with Crippen LogP contribution in [-0.2, 0) is 0 Å². The van der Waals surface area contributed by atoms with Crippen LogP contribution in [0.4, 0.5) is 0 Å². The van der Waals surface area contributed by atoms with E-state index in [-0.39, 0.29) is 11.5 Å². The van der Waals surface area contributed by atoms with E-state index in [0.29, 0.717) is 15.6 Å². The number of Topliss-reactive ketones (excluding diaryl/α,β-unsaturated/α-hetero) is 1. The van der Waals surface area contributed by atoms with Crippen molar-refractivity contribution in [3.05, 3.63) is 25.7 Å². The minimum atomic E-state index is -0.0447. The third kappa shape index (κ3) is 2.43. The maximum absolute atomic E-state index is 11.4. The molecule has 2 nitrogen and oxygen atoms in total. The van der Waals surface area contributed by atoms with Gasteiger partial charge in [-0.05, 0) is 34.7 Å². The van der Waals surface area contributed by atoms with E-state index in [4.69, 9.17) is 0 Å². The lowest BCUT2D eigenvalue weighted by Crippen LogP contribution is -1.98. The molecule has 0 fully saturated rings. The van der Waals surface area contributed by atoms with Crippen LogP contribution in [0.2, 0.25) is 0 Å². The maximum atomic E-state index is 11.4. The normalized spacial score (nSPS) is 10.1. The summed E-state index contributed by atoms with van der Waals surface area (Å²) < 4.78 is 1.50. The van der Waals surface area contributed by atoms with Crippen LogP contribution in [0.5, 0.6) is 5.75 Å². The van der Waals surface area contributed by atoms with Crippen LogP contribution < -0.4 is 0 Å². The van der Waals surface area contributed by atoms with Crippen molar-refractivity contribution >= 4 is 44.3 Å². The Kier molecular flexibility index (Phi) is 3.73. The van der Waals surface area contributed by atoms with Gasteiger partial charge in [0, 0.05) is 10.9 Å². The standard InChI is InChI=1S/C9H8BrIO2/c1-2-8(12)6-3-5(10)4-7(11)9(6)13/h3-4,13H,2H2,1H3. The summed E-state index contributed by atoms with van der Waals surface area (Å²) in [7, 11) is 0. The van der Waals surface area contributed by atoms with Crippen molar-refractivity contribution in [2.75, 3.05) is 0 Å². The molecular formula is C9H8BrIO2. The zero-order valence-corrected chi connectivity index (χ0v) is 10.7. The number of halogens is 2. The number of hydrogen-bond donors (Lipinski definition) is 1. The summed E-state index contributed by atoms with van der Waals surface area (Å²) in [6, 6.07) is 3.41. The van der Waals surface area contributed by atoms with Crippen LogP contribution >= 0.6 is 38.5 Å². The Morgan fingerprint density at radius 1 is 1.62 bits per heavy atom. The van der Waals surface area contributed by atoms with E-state index in [1.165, 1.54) is 0 Å². The molecule has 1 rings (SSSR count). The van der Waals surface area contributed by atoms with Gasteiger partial charge in [-0.1, -0.05) is 22.9 Å². The number of ketones is 1. The lowest BCUT2D eigenvalue weighted by Gasteiger charge is -2.04. The Labute approximate surface area is 98.6 Å². The second-order valence-electron chi connectivity index (χ2n) is 2.56. The van der Waals surface area contributed by atoms with E-state index in [0.717, 1.165) is 4.47 Å². The molecule has 0 aliphatic carbocycles. The predicted molar refractivity (Wildman–Crippen MR) is 63.1 cm³/mol. The first kappa shape index (κ1) is 11.0. The number of hydrogen-bond acceptors (Lipinski definition) is 2. The fourth-order valence-corrected chi connectivity index (χ4v) is 2.48. The van der Waals surface area contributed by atoms with Crippen LogP contribution in [0, 0.1) is 3.57 Å². The van der Waals surface area contributed by atoms with E-state index in [2.05, 4.69) is 15.9 Å². The van der Waals surface area contributed by atoms with Crippen molar-refractivity contribution < 1.29 is 9.90 Å². The van der Waals surface area contributed by atoms with Crippen LogP contribution in [-0.4, -0.2) is 10.9 Å². The number of benzene rings is 1. The SMILES string of the molecule is CCC(=O)c1cc(Br)cc(I)c1O. The summed E-state index contributed by atoms with van der Waals surface area (Å²) in [6.45, 7) is 1.77. The zero-order chi connectivity index (χ0) is 10.0. The molecule has 13 heavy (non-hydrogen) atoms. The van der Waals surface area contributed by atoms with E-state index in [1.54, 1.807) is 19.1 Å². The molecule has 1 N–H and O–H groups in total. The molecule has 0 atom stereocenters. The maximum Gasteiger partial charge on any atom is 0.166 e. The van der Waals surface area contributed by atoms with Gasteiger partial charge in [0.1, 0.15) is 5.75 Å². The second kappa shape index (κ2) is 4.41. The summed E-state index contributed by atoms with van der Waals surface area (Å²) in [4.78, 5) is 11.4. The number of phenolic OH excluding ortho intramolecular Hbond substituents is 1. The molecule has 0 amide bonds. The molecule has 70 valence electrons. The number of rotatable bonds is 2. The van der Waals surface area contributed by atoms with Gasteiger partial charge in [0.25, 0.3) is 0 Å². The number of phenols is 1. The first-order valence-electron chi connectivity index (χ1n) is 3.77. The van der Waals surface area contributed by atoms with Crippen LogP contribution in [0.1, 0.15) is 23.7 Å². The van der Waals surface area contributed by atoms with Crippen LogP contribution in [0.3, 0.4) is 0 Å². The van der Waals surface area contributed by atoms with Crippen molar-refractivity contribution in [1.29, 1.82) is 0 Å². The highest BCUT2D eigenvalue weighted by atomic mass is 127. The molecule has 0 saturated carbocycles. The highest BCUT2D eigenvalue weighted by molar-refractivity contribution is 14.1. The molecule has 4 heteroatoms. The molecule has 0 bridgehead atoms. The van der Waals surface area contributed by atoms with Crippen molar-refractivity contribution in [2.24, 2.45) is 0 Å². The van der Waals surface area contributed by atoms with Gasteiger partial charge in [-0.3, -0.25) is 4.79 Å². The largest absolute Gasteiger partial charge is 0.506 e. The van der Waals surface area contributed by atoms with Gasteiger partial charge >= 0.3 is 0 Å². The summed E-state index contributed by atoms with van der Waals surface area (Å²) in [5, 5.41) is 9.57. The Hall–Kier alpha value is -0.100. The van der Waals surface area contributed by atoms with Gasteiger partial charge in [-0.2, -0.15) is 0 Å².